The van der Waals surface area contributed by atoms with Gasteiger partial charge in [-0.15, -0.1) is 0 Å². The predicted octanol–water partition coefficient (Wildman–Crippen LogP) is 2.33. The number of aromatic nitrogens is 3. The number of carbonyl (C=O) groups excluding carboxylic acids is 1. The molecule has 1 fully saturated rings. The van der Waals surface area contributed by atoms with Crippen LogP contribution < -0.4 is 5.32 Å². The van der Waals surface area contributed by atoms with Crippen LogP contribution in [0.25, 0.3) is 5.65 Å². The van der Waals surface area contributed by atoms with E-state index in [9.17, 15) is 4.79 Å². The zero-order valence-electron chi connectivity index (χ0n) is 14.2. The summed E-state index contributed by atoms with van der Waals surface area (Å²) in [5.74, 6) is 1.15. The van der Waals surface area contributed by atoms with Crippen LogP contribution in [0.2, 0.25) is 0 Å². The molecule has 0 aromatic carbocycles. The van der Waals surface area contributed by atoms with Gasteiger partial charge in [0.05, 0.1) is 5.69 Å². The molecule has 6 nitrogen and oxygen atoms in total. The van der Waals surface area contributed by atoms with Gasteiger partial charge in [0.25, 0.3) is 0 Å². The summed E-state index contributed by atoms with van der Waals surface area (Å²) < 4.78 is 1.85. The largest absolute Gasteiger partial charge is 0.369 e. The van der Waals surface area contributed by atoms with E-state index in [-0.39, 0.29) is 5.91 Å². The lowest BCUT2D eigenvalue weighted by Crippen LogP contribution is -2.29. The molecule has 1 saturated heterocycles. The molecule has 6 heteroatoms. The van der Waals surface area contributed by atoms with Crippen LogP contribution in [0.15, 0.2) is 6.07 Å². The van der Waals surface area contributed by atoms with Crippen molar-refractivity contribution in [2.24, 2.45) is 0 Å². The Morgan fingerprint density at radius 2 is 2.04 bits per heavy atom. The Morgan fingerprint density at radius 3 is 2.74 bits per heavy atom. The summed E-state index contributed by atoms with van der Waals surface area (Å²) in [5, 5.41) is 7.93. The van der Waals surface area contributed by atoms with Crippen molar-refractivity contribution in [3.05, 3.63) is 23.0 Å². The summed E-state index contributed by atoms with van der Waals surface area (Å²) in [7, 11) is 0. The molecule has 1 N–H and O–H groups in total. The maximum Gasteiger partial charge on any atom is 0.224 e. The Bertz CT molecular complexity index is 715. The lowest BCUT2D eigenvalue weighted by atomic mass is 10.2. The number of hydrogen-bond acceptors (Lipinski definition) is 4. The van der Waals surface area contributed by atoms with Crippen molar-refractivity contribution in [2.75, 3.05) is 25.0 Å². The smallest absolute Gasteiger partial charge is 0.224 e. The summed E-state index contributed by atoms with van der Waals surface area (Å²) in [6.07, 6.45) is 3.66. The van der Waals surface area contributed by atoms with E-state index < -0.39 is 0 Å². The molecular formula is C17H25N5O. The molecule has 0 radical (unpaired) electrons. The Balaban J connectivity index is 1.74. The monoisotopic (exact) mass is 315 g/mol. The van der Waals surface area contributed by atoms with Crippen molar-refractivity contribution >= 4 is 17.4 Å². The number of nitrogens with zero attached hydrogens (tertiary/aromatic N) is 4. The highest BCUT2D eigenvalue weighted by Crippen LogP contribution is 2.19. The number of carbonyl (C=O) groups is 1. The van der Waals surface area contributed by atoms with Gasteiger partial charge < -0.3 is 10.2 Å². The maximum absolute atomic E-state index is 12.1. The van der Waals surface area contributed by atoms with Crippen LogP contribution in [-0.2, 0) is 11.2 Å². The Labute approximate surface area is 136 Å². The van der Waals surface area contributed by atoms with Crippen LogP contribution in [0.4, 0.5) is 5.82 Å². The average Bonchev–Trinajstić information content (AvgIpc) is 3.17. The fourth-order valence-electron chi connectivity index (χ4n) is 3.01. The van der Waals surface area contributed by atoms with Crippen molar-refractivity contribution in [3.63, 3.8) is 0 Å². The summed E-state index contributed by atoms with van der Waals surface area (Å²) in [4.78, 5) is 18.8. The number of anilines is 1. The van der Waals surface area contributed by atoms with Crippen molar-refractivity contribution in [1.29, 1.82) is 0 Å². The molecule has 3 heterocycles. The van der Waals surface area contributed by atoms with Gasteiger partial charge in [-0.05, 0) is 33.1 Å². The van der Waals surface area contributed by atoms with Crippen molar-refractivity contribution < 1.29 is 4.79 Å². The third kappa shape index (κ3) is 3.16. The highest BCUT2D eigenvalue weighted by atomic mass is 16.2. The van der Waals surface area contributed by atoms with E-state index in [1.165, 1.54) is 0 Å². The normalized spacial score (nSPS) is 14.7. The van der Waals surface area contributed by atoms with Crippen LogP contribution in [0.5, 0.6) is 0 Å². The second kappa shape index (κ2) is 6.56. The number of fused-ring (bicyclic) bond motifs is 1. The minimum absolute atomic E-state index is 0.240. The van der Waals surface area contributed by atoms with E-state index in [1.807, 2.05) is 29.3 Å². The molecule has 23 heavy (non-hydrogen) atoms. The first-order valence-electron chi connectivity index (χ1n) is 8.47. The van der Waals surface area contributed by atoms with Crippen molar-refractivity contribution in [1.82, 2.24) is 19.5 Å². The van der Waals surface area contributed by atoms with Gasteiger partial charge in [-0.2, -0.15) is 9.61 Å². The highest BCUT2D eigenvalue weighted by molar-refractivity contribution is 5.77. The lowest BCUT2D eigenvalue weighted by Gasteiger charge is -2.16. The van der Waals surface area contributed by atoms with Crippen molar-refractivity contribution in [3.8, 4) is 0 Å². The fraction of sp³-hybridized carbons (Fsp3) is 0.588. The Kier molecular flexibility index (Phi) is 4.50. The fourth-order valence-corrected chi connectivity index (χ4v) is 3.01. The number of aryl methyl sites for hydroxylation is 3. The predicted molar refractivity (Wildman–Crippen MR) is 90.8 cm³/mol. The second-order valence-electron chi connectivity index (χ2n) is 6.20. The number of rotatable bonds is 5. The molecule has 0 spiro atoms. The van der Waals surface area contributed by atoms with Gasteiger partial charge in [0.2, 0.25) is 5.91 Å². The van der Waals surface area contributed by atoms with Gasteiger partial charge in [-0.1, -0.05) is 6.92 Å². The van der Waals surface area contributed by atoms with Crippen LogP contribution in [0.1, 0.15) is 43.1 Å². The van der Waals surface area contributed by atoms with Gasteiger partial charge in [0.15, 0.2) is 5.65 Å². The van der Waals surface area contributed by atoms with Gasteiger partial charge >= 0.3 is 0 Å². The van der Waals surface area contributed by atoms with Crippen LogP contribution in [0.3, 0.4) is 0 Å². The molecule has 1 aliphatic rings. The third-order valence-electron chi connectivity index (χ3n) is 4.58. The van der Waals surface area contributed by atoms with Crippen LogP contribution in [-0.4, -0.2) is 45.0 Å². The second-order valence-corrected chi connectivity index (χ2v) is 6.20. The molecule has 0 unspecified atom stereocenters. The first-order valence-corrected chi connectivity index (χ1v) is 8.47. The van der Waals surface area contributed by atoms with Gasteiger partial charge in [-0.25, -0.2) is 4.98 Å². The van der Waals surface area contributed by atoms with Crippen molar-refractivity contribution in [2.45, 2.75) is 46.5 Å². The van der Waals surface area contributed by atoms with Gasteiger partial charge in [-0.3, -0.25) is 4.79 Å². The van der Waals surface area contributed by atoms with E-state index in [0.29, 0.717) is 13.0 Å². The number of hydrogen-bond donors (Lipinski definition) is 1. The molecule has 0 bridgehead atoms. The van der Waals surface area contributed by atoms with E-state index in [1.54, 1.807) is 0 Å². The van der Waals surface area contributed by atoms with Crippen LogP contribution in [0, 0.1) is 13.8 Å². The molecule has 1 amide bonds. The summed E-state index contributed by atoms with van der Waals surface area (Å²) in [6, 6.07) is 2.03. The van der Waals surface area contributed by atoms with Gasteiger partial charge in [0, 0.05) is 43.4 Å². The SMILES string of the molecule is CCc1cc(NCCC(=O)N2CCCC2)n2nc(C)c(C)c2n1. The minimum atomic E-state index is 0.240. The molecular weight excluding hydrogens is 290 g/mol. The first kappa shape index (κ1) is 15.8. The average molecular weight is 315 g/mol. The molecule has 2 aromatic rings. The molecule has 124 valence electrons. The standard InChI is InChI=1S/C17H25N5O/c1-4-14-11-15(22-17(19-14)12(2)13(3)20-22)18-8-7-16(23)21-9-5-6-10-21/h11,18H,4-10H2,1-3H3. The van der Waals surface area contributed by atoms with E-state index >= 15 is 0 Å². The first-order chi connectivity index (χ1) is 11.1. The Morgan fingerprint density at radius 1 is 1.30 bits per heavy atom. The third-order valence-corrected chi connectivity index (χ3v) is 4.58. The molecule has 0 atom stereocenters. The van der Waals surface area contributed by atoms with E-state index in [4.69, 9.17) is 0 Å². The molecule has 3 rings (SSSR count). The van der Waals surface area contributed by atoms with Crippen LogP contribution >= 0.6 is 0 Å². The molecule has 2 aromatic heterocycles. The summed E-state index contributed by atoms with van der Waals surface area (Å²) in [6.45, 7) is 8.58. The highest BCUT2D eigenvalue weighted by Gasteiger charge is 2.17. The zero-order chi connectivity index (χ0) is 16.4. The molecule has 0 aliphatic carbocycles. The maximum atomic E-state index is 12.1. The van der Waals surface area contributed by atoms with E-state index in [2.05, 4.69) is 22.3 Å². The molecule has 0 saturated carbocycles. The summed E-state index contributed by atoms with van der Waals surface area (Å²) >= 11 is 0. The lowest BCUT2D eigenvalue weighted by molar-refractivity contribution is -0.129. The van der Waals surface area contributed by atoms with E-state index in [0.717, 1.165) is 60.8 Å². The number of nitrogens with one attached hydrogen (secondary N) is 1. The number of amides is 1. The quantitative estimate of drug-likeness (QED) is 0.920. The molecule has 1 aliphatic heterocycles. The minimum Gasteiger partial charge on any atom is -0.369 e. The summed E-state index contributed by atoms with van der Waals surface area (Å²) in [5.41, 5.74) is 4.03. The Hall–Kier alpha value is -2.11. The zero-order valence-corrected chi connectivity index (χ0v) is 14.2. The number of likely N-dealkylation sites (tertiary alicyclic amines) is 1. The topological polar surface area (TPSA) is 62.5 Å². The van der Waals surface area contributed by atoms with Gasteiger partial charge in [0.1, 0.15) is 5.82 Å².